The van der Waals surface area contributed by atoms with Gasteiger partial charge in [0.05, 0.1) is 19.4 Å². The van der Waals surface area contributed by atoms with Gasteiger partial charge in [-0.25, -0.2) is 9.89 Å². The molecule has 28 heavy (non-hydrogen) atoms. The molecular formula is C20H18N4O3S. The van der Waals surface area contributed by atoms with Gasteiger partial charge < -0.3 is 9.26 Å². The third-order valence-electron chi connectivity index (χ3n) is 4.20. The predicted octanol–water partition coefficient (Wildman–Crippen LogP) is 3.58. The van der Waals surface area contributed by atoms with Gasteiger partial charge in [-0.1, -0.05) is 47.3 Å². The van der Waals surface area contributed by atoms with Gasteiger partial charge in [0.2, 0.25) is 0 Å². The average molecular weight is 394 g/mol. The molecule has 0 fully saturated rings. The molecule has 4 aromatic rings. The third-order valence-corrected chi connectivity index (χ3v) is 5.19. The Hall–Kier alpha value is -3.26. The van der Waals surface area contributed by atoms with Crippen molar-refractivity contribution in [3.8, 4) is 17.0 Å². The van der Waals surface area contributed by atoms with Crippen LogP contribution in [0, 0.1) is 0 Å². The molecule has 0 aliphatic carbocycles. The van der Waals surface area contributed by atoms with Crippen molar-refractivity contribution in [2.24, 2.45) is 0 Å². The van der Waals surface area contributed by atoms with Crippen molar-refractivity contribution in [3.63, 3.8) is 0 Å². The second-order valence-electron chi connectivity index (χ2n) is 6.08. The van der Waals surface area contributed by atoms with E-state index in [4.69, 9.17) is 9.26 Å². The lowest BCUT2D eigenvalue weighted by atomic mass is 10.1. The summed E-state index contributed by atoms with van der Waals surface area (Å²) in [5, 5.41) is 11.4. The minimum atomic E-state index is -0.233. The SMILES string of the molecule is COc1ccc(-c2cc(CSc3n[nH]c(=O)n3Cc3ccccc3)on2)cc1. The monoisotopic (exact) mass is 394 g/mol. The topological polar surface area (TPSA) is 85.9 Å². The molecule has 0 unspecified atom stereocenters. The van der Waals surface area contributed by atoms with E-state index in [2.05, 4.69) is 15.4 Å². The average Bonchev–Trinajstić information content (AvgIpc) is 3.35. The van der Waals surface area contributed by atoms with Gasteiger partial charge in [-0.05, 0) is 29.8 Å². The first-order valence-electron chi connectivity index (χ1n) is 8.65. The minimum Gasteiger partial charge on any atom is -0.497 e. The Bertz CT molecular complexity index is 1100. The molecule has 0 saturated heterocycles. The van der Waals surface area contributed by atoms with Crippen molar-refractivity contribution >= 4 is 11.8 Å². The fourth-order valence-corrected chi connectivity index (χ4v) is 3.55. The van der Waals surface area contributed by atoms with E-state index in [0.29, 0.717) is 23.2 Å². The van der Waals surface area contributed by atoms with Crippen molar-refractivity contribution in [3.05, 3.63) is 82.5 Å². The molecule has 2 heterocycles. The second-order valence-corrected chi connectivity index (χ2v) is 7.02. The zero-order valence-corrected chi connectivity index (χ0v) is 16.0. The fourth-order valence-electron chi connectivity index (χ4n) is 2.73. The smallest absolute Gasteiger partial charge is 0.344 e. The molecule has 0 spiro atoms. The van der Waals surface area contributed by atoms with E-state index in [1.54, 1.807) is 11.7 Å². The van der Waals surface area contributed by atoms with Gasteiger partial charge in [-0.15, -0.1) is 5.10 Å². The van der Waals surface area contributed by atoms with Crippen LogP contribution in [0.4, 0.5) is 0 Å². The van der Waals surface area contributed by atoms with Crippen LogP contribution >= 0.6 is 11.8 Å². The van der Waals surface area contributed by atoms with E-state index in [1.807, 2.05) is 60.7 Å². The summed E-state index contributed by atoms with van der Waals surface area (Å²) in [4.78, 5) is 12.1. The highest BCUT2D eigenvalue weighted by Crippen LogP contribution is 2.25. The molecule has 0 aliphatic heterocycles. The van der Waals surface area contributed by atoms with Crippen molar-refractivity contribution < 1.29 is 9.26 Å². The second kappa shape index (κ2) is 8.18. The third kappa shape index (κ3) is 4.01. The molecule has 142 valence electrons. The Morgan fingerprint density at radius 3 is 2.68 bits per heavy atom. The van der Waals surface area contributed by atoms with Gasteiger partial charge in [0, 0.05) is 11.6 Å². The van der Waals surface area contributed by atoms with Crippen LogP contribution in [-0.2, 0) is 12.3 Å². The maximum Gasteiger partial charge on any atom is 0.344 e. The molecule has 2 aromatic heterocycles. The van der Waals surface area contributed by atoms with Gasteiger partial charge in [-0.3, -0.25) is 4.57 Å². The number of aromatic nitrogens is 4. The number of H-pyrrole nitrogens is 1. The highest BCUT2D eigenvalue weighted by molar-refractivity contribution is 7.98. The molecule has 8 heteroatoms. The van der Waals surface area contributed by atoms with Crippen molar-refractivity contribution in [2.75, 3.05) is 7.11 Å². The summed E-state index contributed by atoms with van der Waals surface area (Å²) in [5.74, 6) is 2.01. The summed E-state index contributed by atoms with van der Waals surface area (Å²) in [6.45, 7) is 0.464. The number of ether oxygens (including phenoxy) is 1. The van der Waals surface area contributed by atoms with Crippen LogP contribution in [-0.4, -0.2) is 27.0 Å². The molecule has 0 bridgehead atoms. The molecule has 1 N–H and O–H groups in total. The number of nitrogens with zero attached hydrogens (tertiary/aromatic N) is 3. The lowest BCUT2D eigenvalue weighted by Gasteiger charge is -2.04. The maximum atomic E-state index is 12.1. The van der Waals surface area contributed by atoms with E-state index >= 15 is 0 Å². The van der Waals surface area contributed by atoms with Crippen molar-refractivity contribution in [2.45, 2.75) is 17.5 Å². The summed E-state index contributed by atoms with van der Waals surface area (Å²) in [5.41, 5.74) is 2.50. The number of nitrogens with one attached hydrogen (secondary N) is 1. The van der Waals surface area contributed by atoms with Crippen LogP contribution < -0.4 is 10.4 Å². The Morgan fingerprint density at radius 2 is 1.93 bits per heavy atom. The Labute approximate surface area is 165 Å². The number of thioether (sulfide) groups is 1. The number of methoxy groups -OCH3 is 1. The molecular weight excluding hydrogens is 376 g/mol. The van der Waals surface area contributed by atoms with Crippen LogP contribution in [0.25, 0.3) is 11.3 Å². The van der Waals surface area contributed by atoms with Gasteiger partial charge in [0.15, 0.2) is 5.16 Å². The van der Waals surface area contributed by atoms with E-state index in [0.717, 1.165) is 22.6 Å². The van der Waals surface area contributed by atoms with Crippen LogP contribution in [0.15, 0.2) is 75.1 Å². The van der Waals surface area contributed by atoms with Gasteiger partial charge >= 0.3 is 5.69 Å². The summed E-state index contributed by atoms with van der Waals surface area (Å²) >= 11 is 1.42. The molecule has 4 rings (SSSR count). The quantitative estimate of drug-likeness (QED) is 0.482. The zero-order chi connectivity index (χ0) is 19.3. The van der Waals surface area contributed by atoms with Crippen LogP contribution in [0.1, 0.15) is 11.3 Å². The van der Waals surface area contributed by atoms with E-state index in [1.165, 1.54) is 11.8 Å². The van der Waals surface area contributed by atoms with Crippen LogP contribution in [0.2, 0.25) is 0 Å². The van der Waals surface area contributed by atoms with Gasteiger partial charge in [-0.2, -0.15) is 0 Å². The maximum absolute atomic E-state index is 12.1. The summed E-state index contributed by atoms with van der Waals surface area (Å²) in [6.07, 6.45) is 0. The van der Waals surface area contributed by atoms with Crippen LogP contribution in [0.3, 0.4) is 0 Å². The lowest BCUT2D eigenvalue weighted by molar-refractivity contribution is 0.397. The predicted molar refractivity (Wildman–Crippen MR) is 106 cm³/mol. The standard InChI is InChI=1S/C20H18N4O3S/c1-26-16-9-7-15(8-10-16)18-11-17(27-23-18)13-28-20-22-21-19(25)24(20)12-14-5-3-2-4-6-14/h2-11H,12-13H2,1H3,(H,21,25). The van der Waals surface area contributed by atoms with Crippen molar-refractivity contribution in [1.29, 1.82) is 0 Å². The number of hydrogen-bond acceptors (Lipinski definition) is 6. The highest BCUT2D eigenvalue weighted by atomic mass is 32.2. The fraction of sp³-hybridized carbons (Fsp3) is 0.150. The number of aromatic amines is 1. The molecule has 0 atom stereocenters. The van der Waals surface area contributed by atoms with E-state index in [-0.39, 0.29) is 5.69 Å². The lowest BCUT2D eigenvalue weighted by Crippen LogP contribution is -2.18. The number of rotatable bonds is 7. The summed E-state index contributed by atoms with van der Waals surface area (Å²) in [6, 6.07) is 19.3. The van der Waals surface area contributed by atoms with Crippen molar-refractivity contribution in [1.82, 2.24) is 19.9 Å². The largest absolute Gasteiger partial charge is 0.497 e. The molecule has 0 amide bonds. The Balaban J connectivity index is 1.45. The number of hydrogen-bond donors (Lipinski definition) is 1. The first-order chi connectivity index (χ1) is 13.7. The minimum absolute atomic E-state index is 0.233. The van der Waals surface area contributed by atoms with Gasteiger partial charge in [0.1, 0.15) is 17.2 Å². The Morgan fingerprint density at radius 1 is 1.14 bits per heavy atom. The molecule has 0 saturated carbocycles. The molecule has 0 aliphatic rings. The molecule has 2 aromatic carbocycles. The van der Waals surface area contributed by atoms with Crippen LogP contribution in [0.5, 0.6) is 5.75 Å². The number of benzene rings is 2. The van der Waals surface area contributed by atoms with E-state index in [9.17, 15) is 4.79 Å². The molecule has 0 radical (unpaired) electrons. The molecule has 7 nitrogen and oxygen atoms in total. The highest BCUT2D eigenvalue weighted by Gasteiger charge is 2.12. The normalized spacial score (nSPS) is 10.9. The first kappa shape index (κ1) is 18.1. The zero-order valence-electron chi connectivity index (χ0n) is 15.2. The first-order valence-corrected chi connectivity index (χ1v) is 9.63. The van der Waals surface area contributed by atoms with E-state index < -0.39 is 0 Å². The summed E-state index contributed by atoms with van der Waals surface area (Å²) < 4.78 is 12.2. The Kier molecular flexibility index (Phi) is 5.29. The summed E-state index contributed by atoms with van der Waals surface area (Å²) in [7, 11) is 1.63. The van der Waals surface area contributed by atoms with Gasteiger partial charge in [0.25, 0.3) is 0 Å².